The number of hydrogen-bond donors (Lipinski definition) is 0. The molecule has 1 aliphatic carbocycles. The molecule has 0 spiro atoms. The number of carbonyl (C=O) groups is 1. The zero-order valence-electron chi connectivity index (χ0n) is 11.8. The highest BCUT2D eigenvalue weighted by molar-refractivity contribution is 5.89. The van der Waals surface area contributed by atoms with E-state index in [1.807, 2.05) is 6.92 Å². The fraction of sp³-hybridized carbons (Fsp3) is 0.800. The summed E-state index contributed by atoms with van der Waals surface area (Å²) in [7, 11) is 1.67. The molecule has 0 aromatic carbocycles. The van der Waals surface area contributed by atoms with Gasteiger partial charge in [0, 0.05) is 13.5 Å². The summed E-state index contributed by atoms with van der Waals surface area (Å²) in [6.45, 7) is 10.5. The molecule has 0 heterocycles. The van der Waals surface area contributed by atoms with Crippen LogP contribution in [0.1, 0.15) is 59.3 Å². The van der Waals surface area contributed by atoms with E-state index in [2.05, 4.69) is 20.4 Å². The molecule has 0 atom stereocenters. The molecule has 17 heavy (non-hydrogen) atoms. The van der Waals surface area contributed by atoms with E-state index >= 15 is 0 Å². The van der Waals surface area contributed by atoms with E-state index < -0.39 is 5.60 Å². The third-order valence-corrected chi connectivity index (χ3v) is 4.22. The molecule has 1 fully saturated rings. The van der Waals surface area contributed by atoms with Crippen LogP contribution in [-0.2, 0) is 9.53 Å². The summed E-state index contributed by atoms with van der Waals surface area (Å²) < 4.78 is 5.59. The average Bonchev–Trinajstić information content (AvgIpc) is 2.29. The molecule has 0 aromatic heterocycles. The van der Waals surface area contributed by atoms with Crippen LogP contribution in [0.5, 0.6) is 0 Å². The first kappa shape index (κ1) is 14.4. The van der Waals surface area contributed by atoms with E-state index in [9.17, 15) is 4.79 Å². The van der Waals surface area contributed by atoms with Crippen LogP contribution in [0.2, 0.25) is 0 Å². The summed E-state index contributed by atoms with van der Waals surface area (Å²) in [6.07, 6.45) is 5.18. The Bertz CT molecular complexity index is 292. The van der Waals surface area contributed by atoms with Gasteiger partial charge in [-0.15, -0.1) is 0 Å². The van der Waals surface area contributed by atoms with Crippen LogP contribution >= 0.6 is 0 Å². The van der Waals surface area contributed by atoms with Crippen LogP contribution in [-0.4, -0.2) is 18.5 Å². The third kappa shape index (κ3) is 3.41. The van der Waals surface area contributed by atoms with Crippen molar-refractivity contribution in [2.45, 2.75) is 64.9 Å². The highest BCUT2D eigenvalue weighted by atomic mass is 16.5. The van der Waals surface area contributed by atoms with Crippen molar-refractivity contribution in [3.05, 3.63) is 12.2 Å². The maximum atomic E-state index is 12.3. The molecule has 1 saturated carbocycles. The Balaban J connectivity index is 2.70. The largest absolute Gasteiger partial charge is 0.370 e. The minimum Gasteiger partial charge on any atom is -0.370 e. The van der Waals surface area contributed by atoms with Gasteiger partial charge in [0.25, 0.3) is 0 Å². The highest BCUT2D eigenvalue weighted by Crippen LogP contribution is 2.42. The zero-order chi connectivity index (χ0) is 13.1. The molecule has 0 N–H and O–H groups in total. The number of rotatable bonds is 5. The van der Waals surface area contributed by atoms with Crippen molar-refractivity contribution in [3.63, 3.8) is 0 Å². The SMILES string of the molecule is C=C(CC)CC(=O)C1(OC)CCC(C)(C)CC1. The van der Waals surface area contributed by atoms with Gasteiger partial charge in [-0.1, -0.05) is 32.9 Å². The van der Waals surface area contributed by atoms with Crippen LogP contribution in [0.25, 0.3) is 0 Å². The molecule has 0 bridgehead atoms. The van der Waals surface area contributed by atoms with Gasteiger partial charge >= 0.3 is 0 Å². The molecule has 2 heteroatoms. The van der Waals surface area contributed by atoms with E-state index in [0.29, 0.717) is 11.8 Å². The Morgan fingerprint density at radius 2 is 1.76 bits per heavy atom. The fourth-order valence-electron chi connectivity index (χ4n) is 2.44. The molecular formula is C15H26O2. The van der Waals surface area contributed by atoms with E-state index in [1.54, 1.807) is 7.11 Å². The second-order valence-electron chi connectivity index (χ2n) is 6.07. The lowest BCUT2D eigenvalue weighted by Gasteiger charge is -2.41. The van der Waals surface area contributed by atoms with Crippen LogP contribution in [0.4, 0.5) is 0 Å². The first-order valence-electron chi connectivity index (χ1n) is 6.60. The van der Waals surface area contributed by atoms with Crippen molar-refractivity contribution >= 4 is 5.78 Å². The lowest BCUT2D eigenvalue weighted by atomic mass is 9.69. The lowest BCUT2D eigenvalue weighted by molar-refractivity contribution is -0.147. The van der Waals surface area contributed by atoms with E-state index in [0.717, 1.165) is 37.7 Å². The van der Waals surface area contributed by atoms with Gasteiger partial charge in [0.05, 0.1) is 0 Å². The van der Waals surface area contributed by atoms with E-state index in [4.69, 9.17) is 4.74 Å². The molecule has 98 valence electrons. The van der Waals surface area contributed by atoms with Gasteiger partial charge in [-0.25, -0.2) is 0 Å². The second kappa shape index (κ2) is 5.34. The number of hydrogen-bond acceptors (Lipinski definition) is 2. The molecule has 0 saturated heterocycles. The maximum Gasteiger partial charge on any atom is 0.168 e. The van der Waals surface area contributed by atoms with Gasteiger partial charge in [0.15, 0.2) is 5.78 Å². The Morgan fingerprint density at radius 1 is 1.24 bits per heavy atom. The standard InChI is InChI=1S/C15H26O2/c1-6-12(2)11-13(16)15(17-5)9-7-14(3,4)8-10-15/h2,6-11H2,1,3-5H3. The third-order valence-electron chi connectivity index (χ3n) is 4.22. The molecule has 0 amide bonds. The zero-order valence-corrected chi connectivity index (χ0v) is 11.8. The van der Waals surface area contributed by atoms with Gasteiger partial charge in [-0.2, -0.15) is 0 Å². The number of ether oxygens (including phenoxy) is 1. The smallest absolute Gasteiger partial charge is 0.168 e. The summed E-state index contributed by atoms with van der Waals surface area (Å²) in [6, 6.07) is 0. The van der Waals surface area contributed by atoms with Crippen molar-refractivity contribution < 1.29 is 9.53 Å². The van der Waals surface area contributed by atoms with Gasteiger partial charge in [-0.05, 0) is 37.5 Å². The van der Waals surface area contributed by atoms with Gasteiger partial charge in [0.2, 0.25) is 0 Å². The van der Waals surface area contributed by atoms with Crippen LogP contribution < -0.4 is 0 Å². The summed E-state index contributed by atoms with van der Waals surface area (Å²) in [5, 5.41) is 0. The van der Waals surface area contributed by atoms with Crippen LogP contribution in [0.15, 0.2) is 12.2 Å². The van der Waals surface area contributed by atoms with E-state index in [-0.39, 0.29) is 5.78 Å². The van der Waals surface area contributed by atoms with Crippen LogP contribution in [0, 0.1) is 5.41 Å². The van der Waals surface area contributed by atoms with Gasteiger partial charge in [0.1, 0.15) is 5.60 Å². The molecule has 1 rings (SSSR count). The summed E-state index contributed by atoms with van der Waals surface area (Å²) >= 11 is 0. The Morgan fingerprint density at radius 3 is 2.18 bits per heavy atom. The minimum atomic E-state index is -0.534. The quantitative estimate of drug-likeness (QED) is 0.679. The molecule has 0 unspecified atom stereocenters. The predicted molar refractivity (Wildman–Crippen MR) is 71.0 cm³/mol. The summed E-state index contributed by atoms with van der Waals surface area (Å²) in [4.78, 5) is 12.3. The molecule has 1 aliphatic rings. The Kier molecular flexibility index (Phi) is 4.54. The molecule has 2 nitrogen and oxygen atoms in total. The number of Topliss-reactive ketones (excluding diaryl/α,β-unsaturated/α-hetero) is 1. The first-order valence-corrected chi connectivity index (χ1v) is 6.60. The van der Waals surface area contributed by atoms with Gasteiger partial charge in [-0.3, -0.25) is 4.79 Å². The summed E-state index contributed by atoms with van der Waals surface area (Å²) in [5.41, 5.74) is 0.828. The van der Waals surface area contributed by atoms with E-state index in [1.165, 1.54) is 0 Å². The molecular weight excluding hydrogens is 212 g/mol. The average molecular weight is 238 g/mol. The number of ketones is 1. The lowest BCUT2D eigenvalue weighted by Crippen LogP contribution is -2.45. The number of methoxy groups -OCH3 is 1. The number of allylic oxidation sites excluding steroid dienone is 1. The van der Waals surface area contributed by atoms with Crippen molar-refractivity contribution in [1.82, 2.24) is 0 Å². The maximum absolute atomic E-state index is 12.3. The second-order valence-corrected chi connectivity index (χ2v) is 6.07. The fourth-order valence-corrected chi connectivity index (χ4v) is 2.44. The molecule has 0 aromatic rings. The first-order chi connectivity index (χ1) is 7.85. The normalized spacial score (nSPS) is 22.1. The topological polar surface area (TPSA) is 26.3 Å². The Hall–Kier alpha value is -0.630. The van der Waals surface area contributed by atoms with Crippen molar-refractivity contribution in [1.29, 1.82) is 0 Å². The van der Waals surface area contributed by atoms with Crippen LogP contribution in [0.3, 0.4) is 0 Å². The summed E-state index contributed by atoms with van der Waals surface area (Å²) in [5.74, 6) is 0.224. The molecule has 0 radical (unpaired) electrons. The molecule has 0 aliphatic heterocycles. The van der Waals surface area contributed by atoms with Crippen molar-refractivity contribution in [2.75, 3.05) is 7.11 Å². The Labute approximate surface area is 105 Å². The van der Waals surface area contributed by atoms with Gasteiger partial charge < -0.3 is 4.74 Å². The number of carbonyl (C=O) groups excluding carboxylic acids is 1. The van der Waals surface area contributed by atoms with Crippen molar-refractivity contribution in [2.24, 2.45) is 5.41 Å². The monoisotopic (exact) mass is 238 g/mol. The minimum absolute atomic E-state index is 0.224. The highest BCUT2D eigenvalue weighted by Gasteiger charge is 2.43. The predicted octanol–water partition coefficient (Wildman–Crippen LogP) is 3.90. The van der Waals surface area contributed by atoms with Crippen molar-refractivity contribution in [3.8, 4) is 0 Å².